The second-order valence-electron chi connectivity index (χ2n) is 31.7. The molecule has 17 heteroatoms. The van der Waals surface area contributed by atoms with Crippen molar-refractivity contribution in [2.75, 3.05) is 0 Å². The van der Waals surface area contributed by atoms with E-state index in [1.165, 1.54) is 107 Å². The van der Waals surface area contributed by atoms with Crippen LogP contribution in [0.4, 0.5) is 0 Å². The molecule has 11 heterocycles. The third-order valence-electron chi connectivity index (χ3n) is 24.8. The SMILES string of the molecule is CC1(C)c2ccccc2-c2c(-c3nnc(-n4c5ccccc5c5cc6ccccc6cc54)c4nccnc34)cccc21.c1ccc2cc3c(cc2c1)c1ccccc1n3C1=c2nccnc2=C(c2cccc3c2oc2ccccc23)NN1.c1ccc2cc3c(cc2c1)c1ccccc1n3C1=c2nccnc2=C(c2cccc3c2sc2ccccc23)NN1. The summed E-state index contributed by atoms with van der Waals surface area (Å²) in [4.78, 5) is 29.2. The Hall–Kier alpha value is -16.2. The van der Waals surface area contributed by atoms with Crippen LogP contribution in [0.2, 0.25) is 0 Å². The molecule has 574 valence electrons. The summed E-state index contributed by atoms with van der Waals surface area (Å²) in [6, 6.07) is 109. The van der Waals surface area contributed by atoms with Gasteiger partial charge in [-0.2, -0.15) is 0 Å². The second-order valence-corrected chi connectivity index (χ2v) is 32.8. The molecule has 122 heavy (non-hydrogen) atoms. The van der Waals surface area contributed by atoms with Crippen LogP contribution in [0.15, 0.2) is 351 Å². The number of aromatic nitrogens is 11. The molecule has 3 aliphatic rings. The normalized spacial score (nSPS) is 13.4. The van der Waals surface area contributed by atoms with Crippen LogP contribution in [-0.2, 0) is 5.41 Å². The zero-order valence-corrected chi connectivity index (χ0v) is 66.5. The fourth-order valence-corrected chi connectivity index (χ4v) is 20.5. The summed E-state index contributed by atoms with van der Waals surface area (Å²) in [5, 5.41) is 32.1. The largest absolute Gasteiger partial charge is 0.455 e. The van der Waals surface area contributed by atoms with Crippen molar-refractivity contribution < 1.29 is 4.42 Å². The van der Waals surface area contributed by atoms with E-state index in [9.17, 15) is 0 Å². The average molecular weight is 1590 g/mol. The first-order valence-electron chi connectivity index (χ1n) is 40.8. The highest BCUT2D eigenvalue weighted by Gasteiger charge is 2.38. The van der Waals surface area contributed by atoms with Crippen LogP contribution >= 0.6 is 11.3 Å². The molecule has 0 radical (unpaired) electrons. The topological polar surface area (TPSA) is 179 Å². The quantitative estimate of drug-likeness (QED) is 0.124. The molecule has 4 N–H and O–H groups in total. The third kappa shape index (κ3) is 10.4. The molecule has 0 fully saturated rings. The maximum Gasteiger partial charge on any atom is 0.188 e. The Labute approximate surface area is 698 Å². The molecular formula is C105H67N15OS. The number of thiophene rings is 1. The van der Waals surface area contributed by atoms with Crippen molar-refractivity contribution in [1.82, 2.24) is 75.5 Å². The van der Waals surface area contributed by atoms with E-state index in [4.69, 9.17) is 44.5 Å². The molecule has 0 saturated heterocycles. The highest BCUT2D eigenvalue weighted by molar-refractivity contribution is 7.26. The van der Waals surface area contributed by atoms with Crippen LogP contribution in [-0.4, -0.2) is 53.8 Å². The van der Waals surface area contributed by atoms with Crippen LogP contribution in [0, 0.1) is 0 Å². The molecule has 2 aliphatic heterocycles. The van der Waals surface area contributed by atoms with Crippen molar-refractivity contribution in [2.24, 2.45) is 0 Å². The molecule has 0 atom stereocenters. The van der Waals surface area contributed by atoms with Crippen molar-refractivity contribution in [3.8, 4) is 28.2 Å². The number of benzene rings is 15. The Morgan fingerprint density at radius 3 is 1.32 bits per heavy atom. The number of fused-ring (bicyclic) bond motifs is 24. The number of furan rings is 1. The van der Waals surface area contributed by atoms with E-state index in [1.807, 2.05) is 29.5 Å². The second kappa shape index (κ2) is 26.9. The van der Waals surface area contributed by atoms with Crippen molar-refractivity contribution in [2.45, 2.75) is 19.3 Å². The van der Waals surface area contributed by atoms with Gasteiger partial charge in [0.05, 0.1) is 44.5 Å². The lowest BCUT2D eigenvalue weighted by molar-refractivity contribution is 0.660. The van der Waals surface area contributed by atoms with Crippen LogP contribution in [0.5, 0.6) is 0 Å². The molecule has 0 unspecified atom stereocenters. The van der Waals surface area contributed by atoms with Crippen molar-refractivity contribution in [3.05, 3.63) is 390 Å². The fraction of sp³-hybridized carbons (Fsp3) is 0.0286. The minimum absolute atomic E-state index is 0.109. The molecule has 9 aromatic heterocycles. The van der Waals surface area contributed by atoms with Crippen molar-refractivity contribution >= 4 is 185 Å². The Kier molecular flexibility index (Phi) is 15.2. The summed E-state index contributed by atoms with van der Waals surface area (Å²) < 4.78 is 15.6. The predicted octanol–water partition coefficient (Wildman–Crippen LogP) is 20.1. The molecular weight excluding hydrogens is 1520 g/mol. The van der Waals surface area contributed by atoms with Gasteiger partial charge in [0, 0.05) is 123 Å². The smallest absolute Gasteiger partial charge is 0.188 e. The minimum Gasteiger partial charge on any atom is -0.455 e. The van der Waals surface area contributed by atoms with E-state index < -0.39 is 0 Å². The molecule has 1 aliphatic carbocycles. The Bertz CT molecular complexity index is 8600. The molecule has 0 bridgehead atoms. The summed E-state index contributed by atoms with van der Waals surface area (Å²) in [5.41, 5.74) is 34.3. The maximum atomic E-state index is 6.36. The van der Waals surface area contributed by atoms with Crippen LogP contribution in [0.3, 0.4) is 0 Å². The Morgan fingerprint density at radius 2 is 0.721 bits per heavy atom. The van der Waals surface area contributed by atoms with Gasteiger partial charge in [0.25, 0.3) is 0 Å². The van der Waals surface area contributed by atoms with E-state index in [1.54, 1.807) is 37.2 Å². The van der Waals surface area contributed by atoms with E-state index >= 15 is 0 Å². The summed E-state index contributed by atoms with van der Waals surface area (Å²) in [7, 11) is 0. The zero-order chi connectivity index (χ0) is 80.4. The first-order chi connectivity index (χ1) is 60.3. The Balaban J connectivity index is 0.000000101. The fourth-order valence-electron chi connectivity index (χ4n) is 19.3. The predicted molar refractivity (Wildman–Crippen MR) is 495 cm³/mol. The van der Waals surface area contributed by atoms with E-state index in [0.29, 0.717) is 5.82 Å². The van der Waals surface area contributed by atoms with E-state index in [-0.39, 0.29) is 5.41 Å². The number of nitrogens with zero attached hydrogens (tertiary/aromatic N) is 11. The monoisotopic (exact) mass is 1590 g/mol. The third-order valence-corrected chi connectivity index (χ3v) is 26.0. The lowest BCUT2D eigenvalue weighted by atomic mass is 9.82. The van der Waals surface area contributed by atoms with E-state index in [2.05, 4.69) is 340 Å². The van der Waals surface area contributed by atoms with Gasteiger partial charge in [0.1, 0.15) is 49.3 Å². The summed E-state index contributed by atoms with van der Waals surface area (Å²) in [6.07, 6.45) is 10.5. The van der Waals surface area contributed by atoms with Gasteiger partial charge < -0.3 is 4.42 Å². The van der Waals surface area contributed by atoms with Gasteiger partial charge in [0.2, 0.25) is 0 Å². The molecule has 15 aromatic carbocycles. The molecule has 27 rings (SSSR count). The number of hydrogen-bond donors (Lipinski definition) is 4. The van der Waals surface area contributed by atoms with Crippen molar-refractivity contribution in [3.63, 3.8) is 0 Å². The van der Waals surface area contributed by atoms with Crippen LogP contribution in [0.1, 0.15) is 36.1 Å². The number of hydrogen-bond acceptors (Lipinski definition) is 14. The summed E-state index contributed by atoms with van der Waals surface area (Å²) in [6.45, 7) is 4.58. The molecule has 0 saturated carbocycles. The Morgan fingerprint density at radius 1 is 0.303 bits per heavy atom. The van der Waals surface area contributed by atoms with Crippen molar-refractivity contribution in [1.29, 1.82) is 0 Å². The highest BCUT2D eigenvalue weighted by atomic mass is 32.1. The molecule has 24 aromatic rings. The first kappa shape index (κ1) is 68.9. The van der Waals surface area contributed by atoms with Gasteiger partial charge in [-0.25, -0.2) is 15.0 Å². The molecule has 0 spiro atoms. The zero-order valence-electron chi connectivity index (χ0n) is 65.6. The first-order valence-corrected chi connectivity index (χ1v) is 41.6. The summed E-state index contributed by atoms with van der Waals surface area (Å²) in [5.74, 6) is 2.36. The van der Waals surface area contributed by atoms with Crippen LogP contribution < -0.4 is 43.1 Å². The van der Waals surface area contributed by atoms with Gasteiger partial charge in [-0.15, -0.1) is 21.5 Å². The van der Waals surface area contributed by atoms with Crippen LogP contribution in [0.25, 0.3) is 202 Å². The standard InChI is InChI=1S/C37H25N5.C34H21N5O.C34H21N5S/c1-37(2)28-15-7-5-13-25(28)32-26(14-9-16-29(32)37)33-34-35(39-19-18-38-34)36(41-40-33)42-30-17-8-6-12-24(30)27-20-22-10-3-4-11-23(22)21-31(27)42;2*1-2-9-21-19-28-26(18-20(21)8-1)22-10-3-5-14-27(22)39(28)34-32-31(35-16-17-36-32)30(37-38-34)25-13-7-12-24-23-11-4-6-15-29(23)40-33(24)25/h3-21H,1-2H3;2*1-19,37-38H. The highest BCUT2D eigenvalue weighted by Crippen LogP contribution is 2.53. The van der Waals surface area contributed by atoms with Gasteiger partial charge in [-0.3, -0.25) is 50.4 Å². The molecule has 0 amide bonds. The van der Waals surface area contributed by atoms with Gasteiger partial charge in [0.15, 0.2) is 17.5 Å². The number of para-hydroxylation sites is 5. The lowest BCUT2D eigenvalue weighted by Gasteiger charge is -2.22. The molecule has 16 nitrogen and oxygen atoms in total. The van der Waals surface area contributed by atoms with Gasteiger partial charge >= 0.3 is 0 Å². The number of nitrogens with one attached hydrogen (secondary N) is 4. The number of hydrazine groups is 2. The van der Waals surface area contributed by atoms with Gasteiger partial charge in [-0.05, 0) is 127 Å². The lowest BCUT2D eigenvalue weighted by Crippen LogP contribution is -2.51. The number of rotatable bonds is 6. The average Bonchev–Trinajstić information content (AvgIpc) is 1.55. The maximum absolute atomic E-state index is 6.36. The minimum atomic E-state index is -0.109. The van der Waals surface area contributed by atoms with E-state index in [0.717, 1.165) is 133 Å². The van der Waals surface area contributed by atoms with Gasteiger partial charge in [-0.1, -0.05) is 250 Å². The summed E-state index contributed by atoms with van der Waals surface area (Å²) >= 11 is 1.81.